The molecule has 0 fully saturated rings. The highest BCUT2D eigenvalue weighted by molar-refractivity contribution is 7.92. The lowest BCUT2D eigenvalue weighted by Gasteiger charge is -2.33. The van der Waals surface area contributed by atoms with E-state index in [0.29, 0.717) is 18.0 Å². The van der Waals surface area contributed by atoms with Crippen molar-refractivity contribution in [3.63, 3.8) is 0 Å². The number of anilines is 1. The second-order valence-electron chi connectivity index (χ2n) is 10.3. The van der Waals surface area contributed by atoms with Gasteiger partial charge in [0.2, 0.25) is 21.8 Å². The molecule has 9 nitrogen and oxygen atoms in total. The highest BCUT2D eigenvalue weighted by Gasteiger charge is 2.33. The molecule has 0 radical (unpaired) electrons. The molecule has 1 unspecified atom stereocenters. The third-order valence-corrected chi connectivity index (χ3v) is 7.98. The molecule has 3 aromatic carbocycles. The average molecular weight is 616 g/mol. The number of carbonyl (C=O) groups is 2. The molecule has 2 amide bonds. The van der Waals surface area contributed by atoms with E-state index in [0.717, 1.165) is 21.7 Å². The molecule has 1 atom stereocenters. The fourth-order valence-electron chi connectivity index (χ4n) is 4.37. The largest absolute Gasteiger partial charge is 0.497 e. The molecule has 0 bridgehead atoms. The van der Waals surface area contributed by atoms with E-state index >= 15 is 0 Å². The monoisotopic (exact) mass is 615 g/mol. The van der Waals surface area contributed by atoms with Gasteiger partial charge < -0.3 is 19.7 Å². The summed E-state index contributed by atoms with van der Waals surface area (Å²) in [6.45, 7) is 3.88. The molecule has 0 aliphatic carbocycles. The first-order chi connectivity index (χ1) is 19.9. The van der Waals surface area contributed by atoms with Crippen molar-refractivity contribution in [3.05, 3.63) is 88.9 Å². The number of sulfonamides is 1. The van der Waals surface area contributed by atoms with Crippen molar-refractivity contribution >= 4 is 39.1 Å². The van der Waals surface area contributed by atoms with Crippen LogP contribution >= 0.6 is 11.6 Å². The van der Waals surface area contributed by atoms with E-state index < -0.39 is 28.5 Å². The number of carbonyl (C=O) groups excluding carboxylic acids is 2. The Morgan fingerprint density at radius 3 is 2.21 bits per heavy atom. The van der Waals surface area contributed by atoms with E-state index in [1.54, 1.807) is 25.3 Å². The van der Waals surface area contributed by atoms with Crippen LogP contribution in [0, 0.1) is 5.92 Å². The molecule has 0 saturated carbocycles. The van der Waals surface area contributed by atoms with Crippen LogP contribution in [0.3, 0.4) is 0 Å². The summed E-state index contributed by atoms with van der Waals surface area (Å²) in [4.78, 5) is 29.3. The smallest absolute Gasteiger partial charge is 0.244 e. The summed E-state index contributed by atoms with van der Waals surface area (Å²) in [7, 11) is -0.931. The van der Waals surface area contributed by atoms with Crippen LogP contribution in [-0.2, 0) is 32.6 Å². The highest BCUT2D eigenvalue weighted by Crippen LogP contribution is 2.30. The number of methoxy groups -OCH3 is 2. The third kappa shape index (κ3) is 9.12. The van der Waals surface area contributed by atoms with Crippen molar-refractivity contribution in [3.8, 4) is 11.5 Å². The van der Waals surface area contributed by atoms with Gasteiger partial charge in [-0.3, -0.25) is 13.9 Å². The van der Waals surface area contributed by atoms with E-state index in [-0.39, 0.29) is 35.5 Å². The summed E-state index contributed by atoms with van der Waals surface area (Å²) in [6.07, 6.45) is 1.25. The zero-order valence-corrected chi connectivity index (χ0v) is 26.1. The quantitative estimate of drug-likeness (QED) is 0.286. The predicted molar refractivity (Wildman–Crippen MR) is 166 cm³/mol. The minimum absolute atomic E-state index is 0.0452. The number of nitrogens with zero attached hydrogens (tertiary/aromatic N) is 2. The summed E-state index contributed by atoms with van der Waals surface area (Å²) in [5.41, 5.74) is 1.77. The first kappa shape index (κ1) is 32.8. The Labute approximate surface area is 253 Å². The van der Waals surface area contributed by atoms with Gasteiger partial charge in [0.1, 0.15) is 24.1 Å². The van der Waals surface area contributed by atoms with Crippen LogP contribution in [0.25, 0.3) is 0 Å². The van der Waals surface area contributed by atoms with Crippen molar-refractivity contribution in [1.29, 1.82) is 0 Å². The van der Waals surface area contributed by atoms with Gasteiger partial charge in [-0.05, 0) is 47.4 Å². The number of amides is 2. The van der Waals surface area contributed by atoms with Crippen molar-refractivity contribution < 1.29 is 27.5 Å². The van der Waals surface area contributed by atoms with Crippen LogP contribution in [-0.4, -0.2) is 64.7 Å². The fourth-order valence-corrected chi connectivity index (χ4v) is 5.46. The van der Waals surface area contributed by atoms with E-state index in [1.807, 2.05) is 50.2 Å². The summed E-state index contributed by atoms with van der Waals surface area (Å²) in [5.74, 6) is 0.256. The molecule has 0 aromatic heterocycles. The van der Waals surface area contributed by atoms with E-state index in [2.05, 4.69) is 5.32 Å². The molecule has 226 valence electrons. The van der Waals surface area contributed by atoms with Crippen LogP contribution in [0.5, 0.6) is 11.5 Å². The van der Waals surface area contributed by atoms with Gasteiger partial charge in [-0.1, -0.05) is 67.9 Å². The van der Waals surface area contributed by atoms with Crippen LogP contribution < -0.4 is 19.1 Å². The number of hydrogen-bond donors (Lipinski definition) is 1. The lowest BCUT2D eigenvalue weighted by molar-refractivity contribution is -0.140. The Morgan fingerprint density at radius 2 is 1.62 bits per heavy atom. The normalized spacial score (nSPS) is 12.0. The topological polar surface area (TPSA) is 105 Å². The molecule has 1 N–H and O–H groups in total. The molecule has 0 spiro atoms. The van der Waals surface area contributed by atoms with Gasteiger partial charge in [-0.25, -0.2) is 8.42 Å². The molecule has 11 heteroatoms. The second kappa shape index (κ2) is 14.9. The maximum Gasteiger partial charge on any atom is 0.244 e. The third-order valence-electron chi connectivity index (χ3n) is 6.55. The minimum atomic E-state index is -3.93. The Hall–Kier alpha value is -3.76. The number of benzene rings is 3. The Bertz CT molecular complexity index is 1470. The number of nitrogens with one attached hydrogen (secondary N) is 1. The standard InChI is InChI=1S/C31H38ClN3O6S/c1-22(2)19-33-31(37)28(17-23-10-7-6-8-11-23)34(20-24-12-9-13-26(16-24)40-3)30(36)21-35(42(5,38)39)25-14-15-29(41-4)27(32)18-25/h6-16,18,22,28H,17,19-21H2,1-5H3,(H,33,37). The molecule has 0 aliphatic heterocycles. The highest BCUT2D eigenvalue weighted by atomic mass is 35.5. The zero-order valence-electron chi connectivity index (χ0n) is 24.5. The molecule has 0 aliphatic rings. The number of ether oxygens (including phenoxy) is 2. The van der Waals surface area contributed by atoms with Gasteiger partial charge >= 0.3 is 0 Å². The van der Waals surface area contributed by atoms with Gasteiger partial charge in [-0.15, -0.1) is 0 Å². The van der Waals surface area contributed by atoms with Crippen LogP contribution in [0.4, 0.5) is 5.69 Å². The van der Waals surface area contributed by atoms with Crippen molar-refractivity contribution in [2.45, 2.75) is 32.9 Å². The first-order valence-electron chi connectivity index (χ1n) is 13.5. The Kier molecular flexibility index (Phi) is 11.6. The van der Waals surface area contributed by atoms with Crippen LogP contribution in [0.2, 0.25) is 5.02 Å². The Balaban J connectivity index is 2.07. The molecular formula is C31H38ClN3O6S. The Morgan fingerprint density at radius 1 is 0.929 bits per heavy atom. The van der Waals surface area contributed by atoms with Gasteiger partial charge in [-0.2, -0.15) is 0 Å². The lowest BCUT2D eigenvalue weighted by Crippen LogP contribution is -2.53. The van der Waals surface area contributed by atoms with E-state index in [4.69, 9.17) is 21.1 Å². The summed E-state index contributed by atoms with van der Waals surface area (Å²) < 4.78 is 37.5. The van der Waals surface area contributed by atoms with Gasteiger partial charge in [0.05, 0.1) is 31.2 Å². The minimum Gasteiger partial charge on any atom is -0.497 e. The number of halogens is 1. The molecule has 0 saturated heterocycles. The van der Waals surface area contributed by atoms with Crippen LogP contribution in [0.15, 0.2) is 72.8 Å². The zero-order chi connectivity index (χ0) is 30.9. The van der Waals surface area contributed by atoms with Crippen molar-refractivity contribution in [1.82, 2.24) is 10.2 Å². The fraction of sp³-hybridized carbons (Fsp3) is 0.355. The lowest BCUT2D eigenvalue weighted by atomic mass is 10.0. The van der Waals surface area contributed by atoms with Gasteiger partial charge in [0, 0.05) is 19.5 Å². The summed E-state index contributed by atoms with van der Waals surface area (Å²) >= 11 is 6.29. The van der Waals surface area contributed by atoms with Gasteiger partial charge in [0.15, 0.2) is 0 Å². The molecule has 3 rings (SSSR count). The number of hydrogen-bond acceptors (Lipinski definition) is 6. The predicted octanol–water partition coefficient (Wildman–Crippen LogP) is 4.54. The average Bonchev–Trinajstić information content (AvgIpc) is 2.96. The first-order valence-corrected chi connectivity index (χ1v) is 15.7. The summed E-state index contributed by atoms with van der Waals surface area (Å²) in [5, 5.41) is 3.15. The maximum absolute atomic E-state index is 14.2. The number of rotatable bonds is 14. The molecule has 0 heterocycles. The van der Waals surface area contributed by atoms with E-state index in [1.165, 1.54) is 30.2 Å². The van der Waals surface area contributed by atoms with E-state index in [9.17, 15) is 18.0 Å². The van der Waals surface area contributed by atoms with Crippen molar-refractivity contribution in [2.24, 2.45) is 5.92 Å². The molecule has 3 aromatic rings. The van der Waals surface area contributed by atoms with Crippen molar-refractivity contribution in [2.75, 3.05) is 37.9 Å². The van der Waals surface area contributed by atoms with Gasteiger partial charge in [0.25, 0.3) is 0 Å². The second-order valence-corrected chi connectivity index (χ2v) is 12.6. The molecular weight excluding hydrogens is 578 g/mol. The molecule has 42 heavy (non-hydrogen) atoms. The van der Waals surface area contributed by atoms with Crippen LogP contribution in [0.1, 0.15) is 25.0 Å². The summed E-state index contributed by atoms with van der Waals surface area (Å²) in [6, 6.07) is 20.1. The maximum atomic E-state index is 14.2. The SMILES string of the molecule is COc1cccc(CN(C(=O)CN(c2ccc(OC)c(Cl)c2)S(C)(=O)=O)C(Cc2ccccc2)C(=O)NCC(C)C)c1.